The highest BCUT2D eigenvalue weighted by molar-refractivity contribution is 7.09. The van der Waals surface area contributed by atoms with Crippen LogP contribution in [0.1, 0.15) is 22.4 Å². The molecule has 1 aromatic carbocycles. The van der Waals surface area contributed by atoms with Crippen LogP contribution in [0.2, 0.25) is 5.02 Å². The molecule has 0 saturated carbocycles. The molecule has 1 aliphatic rings. The predicted octanol–water partition coefficient (Wildman–Crippen LogP) is 2.82. The first-order valence-electron chi connectivity index (χ1n) is 9.62. The van der Waals surface area contributed by atoms with Crippen LogP contribution in [0.3, 0.4) is 0 Å². The Hall–Kier alpha value is -2.68. The third-order valence-corrected chi connectivity index (χ3v) is 6.91. The minimum atomic E-state index is -0.349. The highest BCUT2D eigenvalue weighted by atomic mass is 35.5. The van der Waals surface area contributed by atoms with Gasteiger partial charge in [0.15, 0.2) is 0 Å². The highest BCUT2D eigenvalue weighted by Crippen LogP contribution is 2.39. The van der Waals surface area contributed by atoms with Crippen LogP contribution in [0.25, 0.3) is 22.2 Å². The zero-order valence-corrected chi connectivity index (χ0v) is 18.3. The standard InChI is InChI=1S/C21H20ClN5O2S/c1-11-10-30-19(24-11)15-18-17-14(20(28)26(3)21(29)25(17)2)16(27(18)8-7-23-15)12-5-4-6-13(22)9-12/h4-6,9-10,15,23H,7-8H2,1-3H3. The second-order valence-electron chi connectivity index (χ2n) is 7.54. The van der Waals surface area contributed by atoms with Gasteiger partial charge in [-0.25, -0.2) is 9.78 Å². The van der Waals surface area contributed by atoms with Crippen LogP contribution in [0.15, 0.2) is 39.2 Å². The molecular formula is C21H20ClN5O2S. The van der Waals surface area contributed by atoms with Crippen LogP contribution in [0, 0.1) is 6.92 Å². The Kier molecular flexibility index (Phi) is 4.46. The number of aromatic nitrogens is 4. The quantitative estimate of drug-likeness (QED) is 0.519. The monoisotopic (exact) mass is 441 g/mol. The minimum absolute atomic E-state index is 0.203. The lowest BCUT2D eigenvalue weighted by atomic mass is 10.1. The van der Waals surface area contributed by atoms with Crippen molar-refractivity contribution in [3.05, 3.63) is 71.9 Å². The molecule has 154 valence electrons. The average molecular weight is 442 g/mol. The molecule has 0 amide bonds. The van der Waals surface area contributed by atoms with E-state index in [0.29, 0.717) is 22.5 Å². The van der Waals surface area contributed by atoms with Gasteiger partial charge in [0.1, 0.15) is 11.0 Å². The van der Waals surface area contributed by atoms with Gasteiger partial charge in [-0.2, -0.15) is 0 Å². The van der Waals surface area contributed by atoms with Crippen molar-refractivity contribution in [1.82, 2.24) is 24.0 Å². The Morgan fingerprint density at radius 1 is 1.23 bits per heavy atom. The fourth-order valence-electron chi connectivity index (χ4n) is 4.33. The highest BCUT2D eigenvalue weighted by Gasteiger charge is 2.33. The molecule has 1 atom stereocenters. The Morgan fingerprint density at radius 3 is 2.73 bits per heavy atom. The summed E-state index contributed by atoms with van der Waals surface area (Å²) < 4.78 is 4.88. The molecule has 1 unspecified atom stereocenters. The lowest BCUT2D eigenvalue weighted by molar-refractivity contribution is 0.470. The smallest absolute Gasteiger partial charge is 0.331 e. The summed E-state index contributed by atoms with van der Waals surface area (Å²) in [5.74, 6) is 0. The van der Waals surface area contributed by atoms with Crippen LogP contribution < -0.4 is 16.6 Å². The maximum absolute atomic E-state index is 13.3. The third-order valence-electron chi connectivity index (χ3n) is 5.64. The molecule has 0 aliphatic carbocycles. The topological polar surface area (TPSA) is 73.8 Å². The van der Waals surface area contributed by atoms with Gasteiger partial charge in [0.25, 0.3) is 5.56 Å². The summed E-state index contributed by atoms with van der Waals surface area (Å²) >= 11 is 7.86. The summed E-state index contributed by atoms with van der Waals surface area (Å²) in [4.78, 5) is 30.8. The fraction of sp³-hybridized carbons (Fsp3) is 0.286. The van der Waals surface area contributed by atoms with Gasteiger partial charge in [0, 0.05) is 48.8 Å². The molecule has 1 N–H and O–H groups in total. The number of nitrogens with zero attached hydrogens (tertiary/aromatic N) is 4. The second-order valence-corrected chi connectivity index (χ2v) is 8.87. The number of hydrogen-bond acceptors (Lipinski definition) is 5. The largest absolute Gasteiger partial charge is 0.339 e. The number of halogens is 1. The third kappa shape index (κ3) is 2.71. The molecule has 30 heavy (non-hydrogen) atoms. The lowest BCUT2D eigenvalue weighted by Gasteiger charge is -2.27. The molecule has 0 fully saturated rings. The molecule has 7 nitrogen and oxygen atoms in total. The number of rotatable bonds is 2. The summed E-state index contributed by atoms with van der Waals surface area (Å²) in [5, 5.41) is 7.58. The van der Waals surface area contributed by atoms with Crippen molar-refractivity contribution < 1.29 is 0 Å². The number of benzene rings is 1. The molecular weight excluding hydrogens is 422 g/mol. The SMILES string of the molecule is Cc1csc(C2NCCn3c(-c4cccc(Cl)c4)c4c(=O)n(C)c(=O)n(C)c4c32)n1. The zero-order valence-electron chi connectivity index (χ0n) is 16.8. The summed E-state index contributed by atoms with van der Waals surface area (Å²) in [5.41, 5.74) is 3.46. The van der Waals surface area contributed by atoms with Gasteiger partial charge in [0.05, 0.1) is 22.3 Å². The summed E-state index contributed by atoms with van der Waals surface area (Å²) in [6.07, 6.45) is 0. The summed E-state index contributed by atoms with van der Waals surface area (Å²) in [6.45, 7) is 3.35. The van der Waals surface area contributed by atoms with Crippen molar-refractivity contribution >= 4 is 33.8 Å². The molecule has 0 saturated heterocycles. The van der Waals surface area contributed by atoms with Crippen molar-refractivity contribution in [1.29, 1.82) is 0 Å². The van der Waals surface area contributed by atoms with E-state index in [-0.39, 0.29) is 17.3 Å². The summed E-state index contributed by atoms with van der Waals surface area (Å²) in [6, 6.07) is 7.29. The minimum Gasteiger partial charge on any atom is -0.339 e. The first-order chi connectivity index (χ1) is 14.4. The van der Waals surface area contributed by atoms with Crippen molar-refractivity contribution in [3.63, 3.8) is 0 Å². The van der Waals surface area contributed by atoms with Gasteiger partial charge in [-0.15, -0.1) is 11.3 Å². The van der Waals surface area contributed by atoms with Crippen LogP contribution in [0.4, 0.5) is 0 Å². The molecule has 4 aromatic rings. The van der Waals surface area contributed by atoms with Crippen LogP contribution in [-0.4, -0.2) is 25.2 Å². The van der Waals surface area contributed by atoms with E-state index in [0.717, 1.165) is 34.2 Å². The molecule has 9 heteroatoms. The Balaban J connectivity index is 1.97. The predicted molar refractivity (Wildman–Crippen MR) is 120 cm³/mol. The maximum Gasteiger partial charge on any atom is 0.331 e. The number of hydrogen-bond donors (Lipinski definition) is 1. The van der Waals surface area contributed by atoms with E-state index in [1.807, 2.05) is 36.6 Å². The first kappa shape index (κ1) is 19.3. The number of thiazole rings is 1. The molecule has 1 aliphatic heterocycles. The van der Waals surface area contributed by atoms with E-state index in [4.69, 9.17) is 11.6 Å². The van der Waals surface area contributed by atoms with Gasteiger partial charge in [-0.1, -0.05) is 23.7 Å². The Bertz CT molecular complexity index is 1430. The molecule has 4 heterocycles. The molecule has 5 rings (SSSR count). The van der Waals surface area contributed by atoms with Crippen LogP contribution >= 0.6 is 22.9 Å². The van der Waals surface area contributed by atoms with E-state index in [1.54, 1.807) is 23.0 Å². The normalized spacial score (nSPS) is 16.2. The first-order valence-corrected chi connectivity index (χ1v) is 10.9. The number of aryl methyl sites for hydroxylation is 2. The molecule has 3 aromatic heterocycles. The van der Waals surface area contributed by atoms with E-state index in [9.17, 15) is 9.59 Å². The van der Waals surface area contributed by atoms with Gasteiger partial charge >= 0.3 is 5.69 Å². The van der Waals surface area contributed by atoms with Gasteiger partial charge < -0.3 is 9.88 Å². The van der Waals surface area contributed by atoms with Crippen molar-refractivity contribution in [3.8, 4) is 11.3 Å². The fourth-order valence-corrected chi connectivity index (χ4v) is 5.39. The molecule has 0 bridgehead atoms. The molecule has 0 spiro atoms. The van der Waals surface area contributed by atoms with E-state index >= 15 is 0 Å². The van der Waals surface area contributed by atoms with Crippen LogP contribution in [-0.2, 0) is 20.6 Å². The van der Waals surface area contributed by atoms with Gasteiger partial charge in [-0.3, -0.25) is 13.9 Å². The maximum atomic E-state index is 13.3. The van der Waals surface area contributed by atoms with Gasteiger partial charge in [0.2, 0.25) is 0 Å². The van der Waals surface area contributed by atoms with Crippen molar-refractivity contribution in [2.75, 3.05) is 6.54 Å². The Morgan fingerprint density at radius 2 is 2.03 bits per heavy atom. The van der Waals surface area contributed by atoms with E-state index in [1.165, 1.54) is 11.6 Å². The van der Waals surface area contributed by atoms with Crippen molar-refractivity contribution in [2.45, 2.75) is 19.5 Å². The number of nitrogens with one attached hydrogen (secondary N) is 1. The van der Waals surface area contributed by atoms with Gasteiger partial charge in [-0.05, 0) is 19.1 Å². The average Bonchev–Trinajstić information content (AvgIpc) is 3.32. The van der Waals surface area contributed by atoms with Crippen molar-refractivity contribution in [2.24, 2.45) is 14.1 Å². The number of fused-ring (bicyclic) bond motifs is 3. The van der Waals surface area contributed by atoms with Crippen LogP contribution in [0.5, 0.6) is 0 Å². The summed E-state index contributed by atoms with van der Waals surface area (Å²) in [7, 11) is 3.23. The second kappa shape index (κ2) is 6.94. The Labute approximate surface area is 181 Å². The lowest BCUT2D eigenvalue weighted by Crippen LogP contribution is -2.38. The zero-order chi connectivity index (χ0) is 21.2. The molecule has 0 radical (unpaired) electrons. The van der Waals surface area contributed by atoms with E-state index in [2.05, 4.69) is 14.9 Å². The van der Waals surface area contributed by atoms with E-state index < -0.39 is 0 Å².